The monoisotopic (exact) mass is 277 g/mol. The second-order valence-electron chi connectivity index (χ2n) is 3.44. The van der Waals surface area contributed by atoms with Gasteiger partial charge in [-0.2, -0.15) is 0 Å². The van der Waals surface area contributed by atoms with Gasteiger partial charge in [0.25, 0.3) is 0 Å². The zero-order chi connectivity index (χ0) is 11.4. The number of ether oxygens (including phenoxy) is 1. The number of halogens is 1. The zero-order valence-electron chi connectivity index (χ0n) is 8.69. The van der Waals surface area contributed by atoms with E-state index in [1.165, 1.54) is 0 Å². The van der Waals surface area contributed by atoms with E-state index in [1.807, 2.05) is 48.5 Å². The SMILES string of the molecule is Nc1cc(Br)ccc1COc1ccccc1. The fourth-order valence-corrected chi connectivity index (χ4v) is 1.75. The van der Waals surface area contributed by atoms with Crippen LogP contribution in [-0.4, -0.2) is 0 Å². The summed E-state index contributed by atoms with van der Waals surface area (Å²) in [5.74, 6) is 0.852. The second kappa shape index (κ2) is 5.03. The normalized spacial score (nSPS) is 10.1. The molecule has 0 aliphatic heterocycles. The molecule has 0 unspecified atom stereocenters. The van der Waals surface area contributed by atoms with Gasteiger partial charge in [-0.1, -0.05) is 40.2 Å². The van der Waals surface area contributed by atoms with Crippen LogP contribution in [0, 0.1) is 0 Å². The number of anilines is 1. The fraction of sp³-hybridized carbons (Fsp3) is 0.0769. The lowest BCUT2D eigenvalue weighted by Crippen LogP contribution is -1.99. The third-order valence-corrected chi connectivity index (χ3v) is 2.74. The molecule has 0 fully saturated rings. The number of rotatable bonds is 3. The lowest BCUT2D eigenvalue weighted by molar-refractivity contribution is 0.307. The maximum atomic E-state index is 5.88. The van der Waals surface area contributed by atoms with Crippen LogP contribution in [0.5, 0.6) is 5.75 Å². The average Bonchev–Trinajstić information content (AvgIpc) is 2.29. The van der Waals surface area contributed by atoms with Gasteiger partial charge < -0.3 is 10.5 Å². The van der Waals surface area contributed by atoms with Gasteiger partial charge in [-0.25, -0.2) is 0 Å². The molecule has 2 nitrogen and oxygen atoms in total. The molecule has 0 aliphatic rings. The predicted molar refractivity (Wildman–Crippen MR) is 69.3 cm³/mol. The first-order valence-electron chi connectivity index (χ1n) is 4.97. The molecule has 2 aromatic carbocycles. The van der Waals surface area contributed by atoms with Gasteiger partial charge in [0.05, 0.1) is 0 Å². The number of benzene rings is 2. The first-order valence-corrected chi connectivity index (χ1v) is 5.77. The fourth-order valence-electron chi connectivity index (χ4n) is 1.38. The second-order valence-corrected chi connectivity index (χ2v) is 4.36. The molecule has 0 saturated carbocycles. The minimum absolute atomic E-state index is 0.489. The van der Waals surface area contributed by atoms with Crippen molar-refractivity contribution in [2.24, 2.45) is 0 Å². The summed E-state index contributed by atoms with van der Waals surface area (Å²) in [7, 11) is 0. The Kier molecular flexibility index (Phi) is 3.47. The summed E-state index contributed by atoms with van der Waals surface area (Å²) in [6.07, 6.45) is 0. The molecule has 0 aliphatic carbocycles. The van der Waals surface area contributed by atoms with Gasteiger partial charge in [-0.05, 0) is 24.3 Å². The Labute approximate surface area is 103 Å². The molecule has 0 saturated heterocycles. The Morgan fingerprint density at radius 1 is 1.06 bits per heavy atom. The molecule has 0 aromatic heterocycles. The maximum absolute atomic E-state index is 5.88. The highest BCUT2D eigenvalue weighted by Crippen LogP contribution is 2.20. The van der Waals surface area contributed by atoms with Crippen LogP contribution in [-0.2, 0) is 6.61 Å². The molecule has 82 valence electrons. The topological polar surface area (TPSA) is 35.2 Å². The quantitative estimate of drug-likeness (QED) is 0.870. The molecule has 2 aromatic rings. The Balaban J connectivity index is 2.05. The highest BCUT2D eigenvalue weighted by Gasteiger charge is 2.00. The van der Waals surface area contributed by atoms with Crippen LogP contribution in [0.2, 0.25) is 0 Å². The van der Waals surface area contributed by atoms with Crippen LogP contribution in [0.15, 0.2) is 53.0 Å². The number of para-hydroxylation sites is 1. The average molecular weight is 278 g/mol. The van der Waals surface area contributed by atoms with Crippen molar-refractivity contribution in [3.05, 3.63) is 58.6 Å². The van der Waals surface area contributed by atoms with Crippen molar-refractivity contribution in [1.82, 2.24) is 0 Å². The van der Waals surface area contributed by atoms with E-state index >= 15 is 0 Å². The molecule has 0 atom stereocenters. The molecule has 0 spiro atoms. The lowest BCUT2D eigenvalue weighted by Gasteiger charge is -2.08. The Morgan fingerprint density at radius 2 is 1.81 bits per heavy atom. The van der Waals surface area contributed by atoms with Gasteiger partial charge >= 0.3 is 0 Å². The van der Waals surface area contributed by atoms with Gasteiger partial charge in [0.15, 0.2) is 0 Å². The molecule has 2 rings (SSSR count). The van der Waals surface area contributed by atoms with E-state index in [0.717, 1.165) is 21.5 Å². The standard InChI is InChI=1S/C13H12BrNO/c14-11-7-6-10(13(15)8-11)9-16-12-4-2-1-3-5-12/h1-8H,9,15H2. The molecular formula is C13H12BrNO. The third-order valence-electron chi connectivity index (χ3n) is 2.25. The summed E-state index contributed by atoms with van der Waals surface area (Å²) in [6, 6.07) is 15.5. The van der Waals surface area contributed by atoms with Crippen LogP contribution in [0.3, 0.4) is 0 Å². The van der Waals surface area contributed by atoms with E-state index in [0.29, 0.717) is 6.61 Å². The number of hydrogen-bond acceptors (Lipinski definition) is 2. The molecule has 0 bridgehead atoms. The minimum Gasteiger partial charge on any atom is -0.489 e. The zero-order valence-corrected chi connectivity index (χ0v) is 10.3. The highest BCUT2D eigenvalue weighted by molar-refractivity contribution is 9.10. The van der Waals surface area contributed by atoms with Gasteiger partial charge in [-0.15, -0.1) is 0 Å². The molecule has 0 radical (unpaired) electrons. The Bertz CT molecular complexity index is 471. The number of hydrogen-bond donors (Lipinski definition) is 1. The summed E-state index contributed by atoms with van der Waals surface area (Å²) in [5.41, 5.74) is 7.61. The summed E-state index contributed by atoms with van der Waals surface area (Å²) >= 11 is 3.37. The first-order chi connectivity index (χ1) is 7.75. The van der Waals surface area contributed by atoms with Crippen LogP contribution >= 0.6 is 15.9 Å². The molecule has 3 heteroatoms. The molecule has 2 N–H and O–H groups in total. The van der Waals surface area contributed by atoms with E-state index in [4.69, 9.17) is 10.5 Å². The van der Waals surface area contributed by atoms with Crippen molar-refractivity contribution >= 4 is 21.6 Å². The lowest BCUT2D eigenvalue weighted by atomic mass is 10.2. The van der Waals surface area contributed by atoms with Gasteiger partial charge in [0, 0.05) is 15.7 Å². The molecule has 0 heterocycles. The summed E-state index contributed by atoms with van der Waals surface area (Å²) < 4.78 is 6.60. The summed E-state index contributed by atoms with van der Waals surface area (Å²) in [6.45, 7) is 0.489. The van der Waals surface area contributed by atoms with E-state index in [1.54, 1.807) is 0 Å². The van der Waals surface area contributed by atoms with Crippen molar-refractivity contribution < 1.29 is 4.74 Å². The predicted octanol–water partition coefficient (Wildman–Crippen LogP) is 3.61. The van der Waals surface area contributed by atoms with Crippen molar-refractivity contribution in [2.45, 2.75) is 6.61 Å². The van der Waals surface area contributed by atoms with Crippen molar-refractivity contribution in [2.75, 3.05) is 5.73 Å². The van der Waals surface area contributed by atoms with E-state index in [-0.39, 0.29) is 0 Å². The molecular weight excluding hydrogens is 266 g/mol. The smallest absolute Gasteiger partial charge is 0.119 e. The van der Waals surface area contributed by atoms with Crippen molar-refractivity contribution in [1.29, 1.82) is 0 Å². The summed E-state index contributed by atoms with van der Waals surface area (Å²) in [5, 5.41) is 0. The van der Waals surface area contributed by atoms with Crippen LogP contribution in [0.25, 0.3) is 0 Å². The van der Waals surface area contributed by atoms with Gasteiger partial charge in [0.2, 0.25) is 0 Å². The van der Waals surface area contributed by atoms with E-state index in [2.05, 4.69) is 15.9 Å². The van der Waals surface area contributed by atoms with Crippen LogP contribution in [0.4, 0.5) is 5.69 Å². The van der Waals surface area contributed by atoms with Crippen LogP contribution in [0.1, 0.15) is 5.56 Å². The molecule has 16 heavy (non-hydrogen) atoms. The van der Waals surface area contributed by atoms with Crippen molar-refractivity contribution in [3.8, 4) is 5.75 Å². The van der Waals surface area contributed by atoms with Gasteiger partial charge in [0.1, 0.15) is 12.4 Å². The van der Waals surface area contributed by atoms with Crippen LogP contribution < -0.4 is 10.5 Å². The maximum Gasteiger partial charge on any atom is 0.119 e. The Morgan fingerprint density at radius 3 is 2.50 bits per heavy atom. The van der Waals surface area contributed by atoms with E-state index < -0.39 is 0 Å². The summed E-state index contributed by atoms with van der Waals surface area (Å²) in [4.78, 5) is 0. The Hall–Kier alpha value is -1.48. The number of nitrogen functional groups attached to an aromatic ring is 1. The van der Waals surface area contributed by atoms with Gasteiger partial charge in [-0.3, -0.25) is 0 Å². The third kappa shape index (κ3) is 2.76. The van der Waals surface area contributed by atoms with Crippen molar-refractivity contribution in [3.63, 3.8) is 0 Å². The minimum atomic E-state index is 0.489. The molecule has 0 amide bonds. The largest absolute Gasteiger partial charge is 0.489 e. The highest BCUT2D eigenvalue weighted by atomic mass is 79.9. The number of nitrogens with two attached hydrogens (primary N) is 1. The first kappa shape index (κ1) is 11.0. The van der Waals surface area contributed by atoms with E-state index in [9.17, 15) is 0 Å².